The van der Waals surface area contributed by atoms with Gasteiger partial charge < -0.3 is 14.0 Å². The lowest BCUT2D eigenvalue weighted by molar-refractivity contribution is 0.0364. The van der Waals surface area contributed by atoms with Gasteiger partial charge in [-0.1, -0.05) is 0 Å². The van der Waals surface area contributed by atoms with Gasteiger partial charge in [-0.25, -0.2) is 4.98 Å². The standard InChI is InChI=1S/C15H20ClN3O2/c1-20-12-2-3-14-13(10-12)17-15(11-16)19(14)5-4-18-6-8-21-9-7-18/h2-3,10H,4-9,11H2,1H3. The third-order valence-corrected chi connectivity index (χ3v) is 4.14. The summed E-state index contributed by atoms with van der Waals surface area (Å²) in [6.45, 7) is 5.53. The zero-order valence-corrected chi connectivity index (χ0v) is 13.0. The molecule has 5 nitrogen and oxygen atoms in total. The molecule has 2 aromatic rings. The second-order valence-electron chi connectivity index (χ2n) is 5.12. The molecule has 0 radical (unpaired) electrons. The summed E-state index contributed by atoms with van der Waals surface area (Å²) >= 11 is 6.05. The summed E-state index contributed by atoms with van der Waals surface area (Å²) in [6, 6.07) is 5.97. The summed E-state index contributed by atoms with van der Waals surface area (Å²) < 4.78 is 12.8. The maximum atomic E-state index is 6.05. The molecule has 0 spiro atoms. The first-order valence-electron chi connectivity index (χ1n) is 7.21. The molecular formula is C15H20ClN3O2. The van der Waals surface area contributed by atoms with Crippen molar-refractivity contribution in [2.24, 2.45) is 0 Å². The molecule has 0 bridgehead atoms. The summed E-state index contributed by atoms with van der Waals surface area (Å²) in [6.07, 6.45) is 0. The Bertz CT molecular complexity index is 608. The number of methoxy groups -OCH3 is 1. The van der Waals surface area contributed by atoms with Crippen LogP contribution in [0.15, 0.2) is 18.2 Å². The fraction of sp³-hybridized carbons (Fsp3) is 0.533. The predicted octanol–water partition coefficient (Wildman–Crippen LogP) is 2.12. The molecule has 0 unspecified atom stereocenters. The predicted molar refractivity (Wildman–Crippen MR) is 83.1 cm³/mol. The Morgan fingerprint density at radius 1 is 1.29 bits per heavy atom. The van der Waals surface area contributed by atoms with Crippen molar-refractivity contribution in [3.05, 3.63) is 24.0 Å². The van der Waals surface area contributed by atoms with Crippen LogP contribution in [0.25, 0.3) is 11.0 Å². The maximum Gasteiger partial charge on any atom is 0.124 e. The maximum absolute atomic E-state index is 6.05. The summed E-state index contributed by atoms with van der Waals surface area (Å²) in [5.41, 5.74) is 2.05. The molecular weight excluding hydrogens is 290 g/mol. The number of ether oxygens (including phenoxy) is 2. The van der Waals surface area contributed by atoms with Crippen molar-refractivity contribution < 1.29 is 9.47 Å². The van der Waals surface area contributed by atoms with Crippen molar-refractivity contribution in [3.63, 3.8) is 0 Å². The highest BCUT2D eigenvalue weighted by Gasteiger charge is 2.14. The van der Waals surface area contributed by atoms with Crippen LogP contribution in [-0.4, -0.2) is 54.4 Å². The van der Waals surface area contributed by atoms with Crippen LogP contribution in [0.2, 0.25) is 0 Å². The van der Waals surface area contributed by atoms with Crippen LogP contribution in [-0.2, 0) is 17.2 Å². The van der Waals surface area contributed by atoms with E-state index in [1.54, 1.807) is 7.11 Å². The van der Waals surface area contributed by atoms with Crippen molar-refractivity contribution in [2.45, 2.75) is 12.4 Å². The van der Waals surface area contributed by atoms with E-state index in [1.807, 2.05) is 12.1 Å². The quantitative estimate of drug-likeness (QED) is 0.793. The van der Waals surface area contributed by atoms with Gasteiger partial charge in [-0.15, -0.1) is 11.6 Å². The number of fused-ring (bicyclic) bond motifs is 1. The lowest BCUT2D eigenvalue weighted by Crippen LogP contribution is -2.38. The van der Waals surface area contributed by atoms with E-state index in [2.05, 4.69) is 20.5 Å². The Hall–Kier alpha value is -1.30. The monoisotopic (exact) mass is 309 g/mol. The SMILES string of the molecule is COc1ccc2c(c1)nc(CCl)n2CCN1CCOCC1. The highest BCUT2D eigenvalue weighted by Crippen LogP contribution is 2.22. The highest BCUT2D eigenvalue weighted by atomic mass is 35.5. The molecule has 1 aliphatic rings. The number of morpholine rings is 1. The molecule has 21 heavy (non-hydrogen) atoms. The van der Waals surface area contributed by atoms with Crippen molar-refractivity contribution in [1.82, 2.24) is 14.5 Å². The number of hydrogen-bond donors (Lipinski definition) is 0. The summed E-state index contributed by atoms with van der Waals surface area (Å²) in [5.74, 6) is 2.15. The summed E-state index contributed by atoms with van der Waals surface area (Å²) in [7, 11) is 1.67. The number of hydrogen-bond acceptors (Lipinski definition) is 4. The van der Waals surface area contributed by atoms with Crippen LogP contribution >= 0.6 is 11.6 Å². The average molecular weight is 310 g/mol. The van der Waals surface area contributed by atoms with Crippen LogP contribution in [0.4, 0.5) is 0 Å². The zero-order chi connectivity index (χ0) is 14.7. The van der Waals surface area contributed by atoms with Crippen molar-refractivity contribution >= 4 is 22.6 Å². The lowest BCUT2D eigenvalue weighted by atomic mass is 10.3. The van der Waals surface area contributed by atoms with E-state index in [9.17, 15) is 0 Å². The normalized spacial score (nSPS) is 16.5. The summed E-state index contributed by atoms with van der Waals surface area (Å²) in [5, 5.41) is 0. The molecule has 1 aliphatic heterocycles. The first-order valence-corrected chi connectivity index (χ1v) is 7.74. The molecule has 6 heteroatoms. The van der Waals surface area contributed by atoms with Gasteiger partial charge in [0.25, 0.3) is 0 Å². The Morgan fingerprint density at radius 3 is 2.81 bits per heavy atom. The topological polar surface area (TPSA) is 39.5 Å². The molecule has 1 aromatic heterocycles. The van der Waals surface area contributed by atoms with E-state index in [4.69, 9.17) is 21.1 Å². The van der Waals surface area contributed by atoms with Gasteiger partial charge in [-0.3, -0.25) is 4.90 Å². The second kappa shape index (κ2) is 6.64. The van der Waals surface area contributed by atoms with Gasteiger partial charge in [0.1, 0.15) is 11.6 Å². The van der Waals surface area contributed by atoms with E-state index >= 15 is 0 Å². The Balaban J connectivity index is 1.82. The van der Waals surface area contributed by atoms with Crippen molar-refractivity contribution in [2.75, 3.05) is 40.0 Å². The van der Waals surface area contributed by atoms with Gasteiger partial charge in [0.2, 0.25) is 0 Å². The molecule has 1 saturated heterocycles. The minimum atomic E-state index is 0.417. The minimum absolute atomic E-state index is 0.417. The third kappa shape index (κ3) is 3.15. The molecule has 0 amide bonds. The Kier molecular flexibility index (Phi) is 4.63. The van der Waals surface area contributed by atoms with Gasteiger partial charge in [-0.05, 0) is 12.1 Å². The van der Waals surface area contributed by atoms with E-state index in [0.29, 0.717) is 5.88 Å². The molecule has 0 aliphatic carbocycles. The third-order valence-electron chi connectivity index (χ3n) is 3.90. The number of rotatable bonds is 5. The fourth-order valence-corrected chi connectivity index (χ4v) is 2.91. The smallest absolute Gasteiger partial charge is 0.124 e. The van der Waals surface area contributed by atoms with E-state index in [1.165, 1.54) is 0 Å². The highest BCUT2D eigenvalue weighted by molar-refractivity contribution is 6.16. The molecule has 2 heterocycles. The average Bonchev–Trinajstić information content (AvgIpc) is 2.90. The van der Waals surface area contributed by atoms with E-state index in [-0.39, 0.29) is 0 Å². The number of benzene rings is 1. The molecule has 3 rings (SSSR count). The molecule has 114 valence electrons. The van der Waals surface area contributed by atoms with Gasteiger partial charge >= 0.3 is 0 Å². The number of aromatic nitrogens is 2. The lowest BCUT2D eigenvalue weighted by Gasteiger charge is -2.26. The minimum Gasteiger partial charge on any atom is -0.497 e. The van der Waals surface area contributed by atoms with E-state index < -0.39 is 0 Å². The van der Waals surface area contributed by atoms with Crippen LogP contribution in [0, 0.1) is 0 Å². The van der Waals surface area contributed by atoms with Gasteiger partial charge in [0.05, 0.1) is 37.2 Å². The van der Waals surface area contributed by atoms with Crippen molar-refractivity contribution in [1.29, 1.82) is 0 Å². The van der Waals surface area contributed by atoms with E-state index in [0.717, 1.165) is 62.0 Å². The van der Waals surface area contributed by atoms with Gasteiger partial charge in [0.15, 0.2) is 0 Å². The number of nitrogens with zero attached hydrogens (tertiary/aromatic N) is 3. The molecule has 1 aromatic carbocycles. The Labute approximate surface area is 129 Å². The zero-order valence-electron chi connectivity index (χ0n) is 12.2. The second-order valence-corrected chi connectivity index (χ2v) is 5.39. The first-order chi connectivity index (χ1) is 10.3. The Morgan fingerprint density at radius 2 is 2.10 bits per heavy atom. The summed E-state index contributed by atoms with van der Waals surface area (Å²) in [4.78, 5) is 7.02. The van der Waals surface area contributed by atoms with Crippen LogP contribution in [0.5, 0.6) is 5.75 Å². The van der Waals surface area contributed by atoms with Gasteiger partial charge in [-0.2, -0.15) is 0 Å². The number of alkyl halides is 1. The number of imidazole rings is 1. The first kappa shape index (κ1) is 14.6. The largest absolute Gasteiger partial charge is 0.497 e. The van der Waals surface area contributed by atoms with Crippen LogP contribution < -0.4 is 4.74 Å². The van der Waals surface area contributed by atoms with Crippen LogP contribution in [0.1, 0.15) is 5.82 Å². The number of halogens is 1. The fourth-order valence-electron chi connectivity index (χ4n) is 2.70. The molecule has 1 fully saturated rings. The molecule has 0 saturated carbocycles. The van der Waals surface area contributed by atoms with Crippen LogP contribution in [0.3, 0.4) is 0 Å². The van der Waals surface area contributed by atoms with Gasteiger partial charge in [0, 0.05) is 32.2 Å². The molecule has 0 atom stereocenters. The van der Waals surface area contributed by atoms with Crippen molar-refractivity contribution in [3.8, 4) is 5.75 Å². The molecule has 0 N–H and O–H groups in total.